The van der Waals surface area contributed by atoms with E-state index in [2.05, 4.69) is 49.1 Å². The largest absolute Gasteiger partial charge is 0.488 e. The molecule has 3 aliphatic rings. The third kappa shape index (κ3) is 8.54. The quantitative estimate of drug-likeness (QED) is 0.120. The zero-order chi connectivity index (χ0) is 45.5. The minimum Gasteiger partial charge on any atom is -0.488 e. The number of nitrogens with zero attached hydrogens (tertiary/aromatic N) is 7. The van der Waals surface area contributed by atoms with Gasteiger partial charge >= 0.3 is 0 Å². The molecule has 4 aromatic carbocycles. The zero-order valence-corrected chi connectivity index (χ0v) is 38.4. The van der Waals surface area contributed by atoms with Crippen molar-refractivity contribution in [2.24, 2.45) is 0 Å². The SMILES string of the molecule is CC(C)N1CC(C(C)(O)c2ccncc2)S(c2ccc(N3CCN(c4ccc(OC[C@H]5OC[C@](Cn6cncn6)(c6ccc(F)cc6F)O5)cc4)CC3)cc2)(c2ccc(Cl)c(Cl)c2)C1=O. The molecule has 0 bridgehead atoms. The fourth-order valence-electron chi connectivity index (χ4n) is 9.22. The first-order chi connectivity index (χ1) is 31.3. The summed E-state index contributed by atoms with van der Waals surface area (Å²) < 4.78 is 48.7. The minimum absolute atomic E-state index is 0.00638. The maximum atomic E-state index is 15.1. The van der Waals surface area contributed by atoms with Crippen molar-refractivity contribution in [2.75, 3.05) is 55.7 Å². The van der Waals surface area contributed by atoms with E-state index >= 15 is 9.18 Å². The number of piperazine rings is 1. The Morgan fingerprint density at radius 2 is 1.54 bits per heavy atom. The van der Waals surface area contributed by atoms with Crippen molar-refractivity contribution in [3.63, 3.8) is 0 Å². The van der Waals surface area contributed by atoms with Crippen molar-refractivity contribution < 1.29 is 32.9 Å². The van der Waals surface area contributed by atoms with E-state index in [9.17, 15) is 9.50 Å². The van der Waals surface area contributed by atoms with Gasteiger partial charge in [-0.1, -0.05) is 39.3 Å². The van der Waals surface area contributed by atoms with E-state index in [1.54, 1.807) is 31.5 Å². The summed E-state index contributed by atoms with van der Waals surface area (Å²) in [6, 6.07) is 28.4. The van der Waals surface area contributed by atoms with Crippen LogP contribution in [0.15, 0.2) is 132 Å². The standard InChI is InChI=1S/C48H49Cl2F2N7O5S/c1-32(2)59-26-44(47(3,61)33-16-18-53-19-17-33)65(46(59)60,39-13-15-41(49)42(50)25-39)38-11-7-36(8-12-38)57-22-20-56(21-23-57)35-5-9-37(10-6-35)62-27-45-63-29-48(64-45,28-58-31-54-30-55-58)40-14-4-34(51)24-43(40)52/h4-19,24-25,30-32,44-45,61H,20-23,26-29H2,1-3H3/t44?,45-,47?,48+/m0/s1. The number of aliphatic hydroxyl groups is 1. The van der Waals surface area contributed by atoms with Crippen LogP contribution in [0.2, 0.25) is 10.0 Å². The molecule has 1 amide bonds. The average molecular weight is 945 g/mol. The van der Waals surface area contributed by atoms with Gasteiger partial charge in [0, 0.05) is 84.0 Å². The number of rotatable bonds is 13. The Hall–Kier alpha value is -5.29. The Labute approximate surface area is 388 Å². The molecule has 6 aromatic rings. The molecule has 65 heavy (non-hydrogen) atoms. The topological polar surface area (TPSA) is 118 Å². The summed E-state index contributed by atoms with van der Waals surface area (Å²) in [5, 5.41) is 16.9. The Kier molecular flexibility index (Phi) is 12.6. The predicted molar refractivity (Wildman–Crippen MR) is 247 cm³/mol. The van der Waals surface area contributed by atoms with Crippen LogP contribution in [-0.4, -0.2) is 98.5 Å². The molecule has 17 heteroatoms. The molecule has 12 nitrogen and oxygen atoms in total. The van der Waals surface area contributed by atoms with Gasteiger partial charge in [0.2, 0.25) is 0 Å². The first-order valence-electron chi connectivity index (χ1n) is 21.4. The van der Waals surface area contributed by atoms with Gasteiger partial charge in [-0.05, 0) is 111 Å². The van der Waals surface area contributed by atoms with Crippen LogP contribution >= 0.6 is 33.2 Å². The van der Waals surface area contributed by atoms with E-state index in [1.807, 2.05) is 61.2 Å². The summed E-state index contributed by atoms with van der Waals surface area (Å²) in [6.07, 6.45) is 5.39. The molecule has 5 heterocycles. The molecular weight excluding hydrogens is 896 g/mol. The summed E-state index contributed by atoms with van der Waals surface area (Å²) in [7, 11) is -2.62. The molecule has 0 spiro atoms. The number of aromatic nitrogens is 4. The molecule has 2 aromatic heterocycles. The number of hydrogen-bond donors (Lipinski definition) is 1. The lowest BCUT2D eigenvalue weighted by Crippen LogP contribution is -2.46. The van der Waals surface area contributed by atoms with Gasteiger partial charge in [-0.25, -0.2) is 18.4 Å². The number of carbonyl (C=O) groups excluding carboxylic acids is 1. The molecule has 5 atom stereocenters. The van der Waals surface area contributed by atoms with Gasteiger partial charge < -0.3 is 34.0 Å². The highest BCUT2D eigenvalue weighted by Gasteiger charge is 2.59. The summed E-state index contributed by atoms with van der Waals surface area (Å²) in [5.41, 5.74) is 0.263. The van der Waals surface area contributed by atoms with Crippen LogP contribution in [0.25, 0.3) is 0 Å². The van der Waals surface area contributed by atoms with E-state index in [-0.39, 0.29) is 36.6 Å². The second-order valence-electron chi connectivity index (χ2n) is 17.0. The smallest absolute Gasteiger partial charge is 0.273 e. The number of benzene rings is 4. The Morgan fingerprint density at radius 1 is 0.877 bits per heavy atom. The lowest BCUT2D eigenvalue weighted by atomic mass is 9.92. The van der Waals surface area contributed by atoms with E-state index in [0.717, 1.165) is 53.4 Å². The monoisotopic (exact) mass is 943 g/mol. The molecule has 3 unspecified atom stereocenters. The van der Waals surface area contributed by atoms with E-state index < -0.39 is 44.4 Å². The lowest BCUT2D eigenvalue weighted by Gasteiger charge is -2.46. The highest BCUT2D eigenvalue weighted by molar-refractivity contribution is 8.46. The maximum Gasteiger partial charge on any atom is 0.273 e. The molecule has 3 fully saturated rings. The summed E-state index contributed by atoms with van der Waals surface area (Å²) in [4.78, 5) is 31.4. The van der Waals surface area contributed by atoms with Crippen LogP contribution in [0.1, 0.15) is 31.9 Å². The fraction of sp³-hybridized carbons (Fsp3) is 0.333. The summed E-state index contributed by atoms with van der Waals surface area (Å²) >= 11 is 13.1. The van der Waals surface area contributed by atoms with Crippen LogP contribution < -0.4 is 14.5 Å². The van der Waals surface area contributed by atoms with Gasteiger partial charge in [-0.15, -0.1) is 0 Å². The maximum absolute atomic E-state index is 15.1. The number of hydrogen-bond acceptors (Lipinski definition) is 10. The van der Waals surface area contributed by atoms with E-state index in [4.69, 9.17) is 37.4 Å². The van der Waals surface area contributed by atoms with Gasteiger partial charge in [-0.3, -0.25) is 9.78 Å². The minimum atomic E-state index is -2.62. The number of carbonyl (C=O) groups is 1. The van der Waals surface area contributed by atoms with E-state index in [0.29, 0.717) is 27.9 Å². The van der Waals surface area contributed by atoms with Crippen molar-refractivity contribution in [1.82, 2.24) is 24.6 Å². The zero-order valence-electron chi connectivity index (χ0n) is 36.1. The van der Waals surface area contributed by atoms with Crippen LogP contribution in [0.3, 0.4) is 0 Å². The number of pyridine rings is 1. The van der Waals surface area contributed by atoms with Gasteiger partial charge in [0.25, 0.3) is 5.24 Å². The molecular formula is C48H49Cl2F2N7O5S. The number of amides is 1. The molecule has 3 saturated heterocycles. The van der Waals surface area contributed by atoms with Crippen molar-refractivity contribution in [3.8, 4) is 5.75 Å². The third-order valence-corrected chi connectivity index (χ3v) is 17.7. The molecule has 9 rings (SSSR count). The second kappa shape index (κ2) is 18.2. The van der Waals surface area contributed by atoms with Crippen LogP contribution in [0.4, 0.5) is 25.0 Å². The summed E-state index contributed by atoms with van der Waals surface area (Å²) in [6.45, 7) is 9.41. The first kappa shape index (κ1) is 44.9. The number of halogens is 4. The normalized spacial score (nSPS) is 24.3. The van der Waals surface area contributed by atoms with E-state index in [1.165, 1.54) is 29.5 Å². The first-order valence-corrected chi connectivity index (χ1v) is 23.8. The highest BCUT2D eigenvalue weighted by Crippen LogP contribution is 2.73. The van der Waals surface area contributed by atoms with Crippen molar-refractivity contribution in [1.29, 1.82) is 0 Å². The van der Waals surface area contributed by atoms with Crippen LogP contribution in [0, 0.1) is 11.6 Å². The van der Waals surface area contributed by atoms with Gasteiger partial charge in [-0.2, -0.15) is 5.10 Å². The molecule has 340 valence electrons. The van der Waals surface area contributed by atoms with Crippen molar-refractivity contribution in [3.05, 3.63) is 155 Å². The number of ether oxygens (including phenoxy) is 3. The second-order valence-corrected chi connectivity index (χ2v) is 21.0. The predicted octanol–water partition coefficient (Wildman–Crippen LogP) is 9.28. The molecule has 1 N–H and O–H groups in total. The van der Waals surface area contributed by atoms with Gasteiger partial charge in [0.1, 0.15) is 47.8 Å². The Balaban J connectivity index is 0.878. The Bertz CT molecular complexity index is 2630. The average Bonchev–Trinajstić information content (AvgIpc) is 4.06. The Morgan fingerprint density at radius 3 is 2.15 bits per heavy atom. The van der Waals surface area contributed by atoms with Gasteiger partial charge in [0.15, 0.2) is 6.29 Å². The molecule has 0 radical (unpaired) electrons. The van der Waals surface area contributed by atoms with Crippen molar-refractivity contribution in [2.45, 2.75) is 65.9 Å². The van der Waals surface area contributed by atoms with Crippen LogP contribution in [-0.2, 0) is 27.2 Å². The third-order valence-electron chi connectivity index (χ3n) is 12.7. The molecule has 0 saturated carbocycles. The number of anilines is 2. The van der Waals surface area contributed by atoms with Crippen molar-refractivity contribution >= 4 is 49.8 Å². The fourth-order valence-corrected chi connectivity index (χ4v) is 14.2. The highest BCUT2D eigenvalue weighted by atomic mass is 35.5. The van der Waals surface area contributed by atoms with Gasteiger partial charge in [0.05, 0.1) is 28.4 Å². The molecule has 3 aliphatic heterocycles. The summed E-state index contributed by atoms with van der Waals surface area (Å²) in [5.74, 6) is -0.810. The van der Waals surface area contributed by atoms with Crippen LogP contribution in [0.5, 0.6) is 5.75 Å². The molecule has 0 aliphatic carbocycles. The lowest BCUT2D eigenvalue weighted by molar-refractivity contribution is -0.117.